The summed E-state index contributed by atoms with van der Waals surface area (Å²) in [4.78, 5) is 0. The molecule has 3 aliphatic rings. The summed E-state index contributed by atoms with van der Waals surface area (Å²) in [6, 6.07) is 0. The van der Waals surface area contributed by atoms with Crippen molar-refractivity contribution in [2.24, 2.45) is 23.2 Å². The Kier molecular flexibility index (Phi) is 2.87. The third-order valence-corrected chi connectivity index (χ3v) is 5.95. The van der Waals surface area contributed by atoms with Gasteiger partial charge in [-0.25, -0.2) is 0 Å². The highest BCUT2D eigenvalue weighted by atomic mass is 35.9. The lowest BCUT2D eigenvalue weighted by Crippen LogP contribution is -2.52. The maximum atomic E-state index is 5.92. The van der Waals surface area contributed by atoms with Crippen molar-refractivity contribution in [2.75, 3.05) is 6.16 Å². The Morgan fingerprint density at radius 1 is 1.31 bits per heavy atom. The summed E-state index contributed by atoms with van der Waals surface area (Å²) in [7, 11) is 0. The first-order valence-electron chi connectivity index (χ1n) is 5.11. The van der Waals surface area contributed by atoms with Crippen LogP contribution in [0.2, 0.25) is 0 Å². The van der Waals surface area contributed by atoms with E-state index in [0.29, 0.717) is 5.41 Å². The lowest BCUT2D eigenvalue weighted by molar-refractivity contribution is -0.0975. The second-order valence-electron chi connectivity index (χ2n) is 5.18. The van der Waals surface area contributed by atoms with Crippen LogP contribution in [0.15, 0.2) is 0 Å². The first-order valence-corrected chi connectivity index (χ1v) is 8.44. The molecule has 3 saturated carbocycles. The van der Waals surface area contributed by atoms with Gasteiger partial charge in [-0.05, 0) is 48.6 Å². The number of rotatable bonds is 2. The molecule has 3 heteroatoms. The van der Waals surface area contributed by atoms with Crippen LogP contribution in [-0.2, 0) is 0 Å². The largest absolute Gasteiger partial charge is 0.0857 e. The van der Waals surface area contributed by atoms with Gasteiger partial charge in [-0.2, -0.15) is 0 Å². The number of hydrogen-bond acceptors (Lipinski definition) is 0. The molecule has 0 aromatic heterocycles. The van der Waals surface area contributed by atoms with Gasteiger partial charge in [0.1, 0.15) is 0 Å². The van der Waals surface area contributed by atoms with E-state index in [0.717, 1.165) is 23.9 Å². The van der Waals surface area contributed by atoms with Crippen LogP contribution in [0.1, 0.15) is 33.1 Å². The lowest BCUT2D eigenvalue weighted by Gasteiger charge is -2.60. The molecular weight excluding hydrogens is 222 g/mol. The van der Waals surface area contributed by atoms with E-state index in [1.807, 2.05) is 0 Å². The van der Waals surface area contributed by atoms with Crippen molar-refractivity contribution >= 4 is 29.1 Å². The highest BCUT2D eigenvalue weighted by Gasteiger charge is 2.54. The molecule has 0 N–H and O–H groups in total. The van der Waals surface area contributed by atoms with Crippen molar-refractivity contribution in [3.05, 3.63) is 0 Å². The van der Waals surface area contributed by atoms with Crippen molar-refractivity contribution in [3.8, 4) is 0 Å². The van der Waals surface area contributed by atoms with Gasteiger partial charge in [-0.3, -0.25) is 0 Å². The van der Waals surface area contributed by atoms with Crippen molar-refractivity contribution in [2.45, 2.75) is 33.1 Å². The normalized spacial score (nSPS) is 41.8. The Bertz CT molecular complexity index is 201. The molecule has 0 aliphatic heterocycles. The van der Waals surface area contributed by atoms with Crippen LogP contribution in [0.3, 0.4) is 0 Å². The quantitative estimate of drug-likeness (QED) is 0.604. The number of halogens is 2. The zero-order chi connectivity index (χ0) is 9.64. The first-order chi connectivity index (χ1) is 6.01. The Balaban J connectivity index is 1.99. The van der Waals surface area contributed by atoms with Crippen LogP contribution >= 0.6 is 29.1 Å². The highest BCUT2D eigenvalue weighted by Crippen LogP contribution is 2.64. The van der Waals surface area contributed by atoms with E-state index < -0.39 is 6.63 Å². The molecule has 0 saturated heterocycles. The van der Waals surface area contributed by atoms with E-state index in [1.54, 1.807) is 0 Å². The molecule has 0 unspecified atom stereocenters. The van der Waals surface area contributed by atoms with E-state index >= 15 is 0 Å². The smallest absolute Gasteiger partial charge is 0.0781 e. The van der Waals surface area contributed by atoms with Crippen molar-refractivity contribution < 1.29 is 0 Å². The third-order valence-electron chi connectivity index (χ3n) is 4.37. The van der Waals surface area contributed by atoms with Crippen molar-refractivity contribution in [1.29, 1.82) is 0 Å². The molecule has 0 spiro atoms. The minimum atomic E-state index is -0.722. The number of hydrogen-bond donors (Lipinski definition) is 0. The monoisotopic (exact) mass is 238 g/mol. The second kappa shape index (κ2) is 3.54. The van der Waals surface area contributed by atoms with Crippen molar-refractivity contribution in [3.63, 3.8) is 0 Å². The Morgan fingerprint density at radius 3 is 2.46 bits per heavy atom. The van der Waals surface area contributed by atoms with Crippen LogP contribution in [0.5, 0.6) is 0 Å². The van der Waals surface area contributed by atoms with Gasteiger partial charge in [-0.15, -0.1) is 0 Å². The van der Waals surface area contributed by atoms with Gasteiger partial charge in [0.2, 0.25) is 0 Å². The highest BCUT2D eigenvalue weighted by molar-refractivity contribution is 8.03. The van der Waals surface area contributed by atoms with Gasteiger partial charge >= 0.3 is 0 Å². The zero-order valence-electron chi connectivity index (χ0n) is 8.26. The van der Waals surface area contributed by atoms with Gasteiger partial charge in [0, 0.05) is 0 Å². The third kappa shape index (κ3) is 1.75. The molecular formula is C10H17Cl2P. The van der Waals surface area contributed by atoms with E-state index in [9.17, 15) is 0 Å². The minimum Gasteiger partial charge on any atom is -0.0781 e. The topological polar surface area (TPSA) is 0 Å². The molecule has 13 heavy (non-hydrogen) atoms. The maximum absolute atomic E-state index is 5.92. The van der Waals surface area contributed by atoms with Gasteiger partial charge in [0.15, 0.2) is 0 Å². The molecule has 76 valence electrons. The molecule has 0 aromatic rings. The van der Waals surface area contributed by atoms with Gasteiger partial charge in [0.25, 0.3) is 0 Å². The summed E-state index contributed by atoms with van der Waals surface area (Å²) in [6.07, 6.45) is 5.29. The summed E-state index contributed by atoms with van der Waals surface area (Å²) >= 11 is 11.8. The van der Waals surface area contributed by atoms with E-state index in [2.05, 4.69) is 13.8 Å². The fraction of sp³-hybridized carbons (Fsp3) is 1.00. The average molecular weight is 239 g/mol. The number of fused-ring (bicyclic) bond motifs is 2. The molecule has 0 amide bonds. The molecule has 0 aromatic carbocycles. The van der Waals surface area contributed by atoms with E-state index in [1.165, 1.54) is 19.3 Å². The Morgan fingerprint density at radius 2 is 2.00 bits per heavy atom. The molecule has 0 nitrogen and oxygen atoms in total. The van der Waals surface area contributed by atoms with Gasteiger partial charge < -0.3 is 0 Å². The van der Waals surface area contributed by atoms with E-state index in [4.69, 9.17) is 22.5 Å². The van der Waals surface area contributed by atoms with Crippen LogP contribution in [-0.4, -0.2) is 6.16 Å². The zero-order valence-corrected chi connectivity index (χ0v) is 10.7. The van der Waals surface area contributed by atoms with Gasteiger partial charge in [0.05, 0.1) is 6.63 Å². The molecule has 3 aliphatic carbocycles. The molecule has 3 atom stereocenters. The maximum Gasteiger partial charge on any atom is 0.0857 e. The van der Waals surface area contributed by atoms with Crippen molar-refractivity contribution in [1.82, 2.24) is 0 Å². The molecule has 0 radical (unpaired) electrons. The van der Waals surface area contributed by atoms with Crippen LogP contribution in [0.25, 0.3) is 0 Å². The lowest BCUT2D eigenvalue weighted by atomic mass is 9.46. The average Bonchev–Trinajstić information content (AvgIpc) is 2.03. The molecule has 3 fully saturated rings. The standard InChI is InChI=1S/C10H17Cl2P/c1-10(2)8-4-3-7(6-13(11)12)9(10)5-8/h7-9H,3-6H2,1-2H3/t7-,8-,9-/m0/s1. The minimum absolute atomic E-state index is 0.585. The fourth-order valence-electron chi connectivity index (χ4n) is 3.36. The fourth-order valence-corrected chi connectivity index (χ4v) is 5.21. The predicted octanol–water partition coefficient (Wildman–Crippen LogP) is 4.85. The van der Waals surface area contributed by atoms with Crippen LogP contribution < -0.4 is 0 Å². The molecule has 3 rings (SSSR count). The summed E-state index contributed by atoms with van der Waals surface area (Å²) in [5.74, 6) is 2.72. The summed E-state index contributed by atoms with van der Waals surface area (Å²) < 4.78 is 0. The summed E-state index contributed by atoms with van der Waals surface area (Å²) in [5.41, 5.74) is 0.585. The molecule has 0 heterocycles. The summed E-state index contributed by atoms with van der Waals surface area (Å²) in [5, 5.41) is 0. The SMILES string of the molecule is CC1(C)[C@H]2CC[C@@H](CP(Cl)Cl)[C@@H]1C2. The van der Waals surface area contributed by atoms with E-state index in [-0.39, 0.29) is 0 Å². The molecule has 2 bridgehead atoms. The summed E-state index contributed by atoms with van der Waals surface area (Å²) in [6.45, 7) is 4.12. The van der Waals surface area contributed by atoms with Gasteiger partial charge in [-0.1, -0.05) is 36.3 Å². The van der Waals surface area contributed by atoms with Crippen LogP contribution in [0, 0.1) is 23.2 Å². The predicted molar refractivity (Wildman–Crippen MR) is 61.6 cm³/mol. The first kappa shape index (κ1) is 10.5. The Hall–Kier alpha value is 1.01. The van der Waals surface area contributed by atoms with Crippen LogP contribution in [0.4, 0.5) is 0 Å². The second-order valence-corrected chi connectivity index (χ2v) is 9.12. The Labute approximate surface area is 91.7 Å².